The lowest BCUT2D eigenvalue weighted by Crippen LogP contribution is -2.03. The maximum absolute atomic E-state index is 5.21. The monoisotopic (exact) mass is 759 g/mol. The first-order valence-corrected chi connectivity index (χ1v) is 20.5. The lowest BCUT2D eigenvalue weighted by molar-refractivity contribution is 0.851. The summed E-state index contributed by atoms with van der Waals surface area (Å²) < 4.78 is 4.72. The van der Waals surface area contributed by atoms with Crippen LogP contribution in [-0.4, -0.2) is 24.1 Å². The molecule has 0 N–H and O–H groups in total. The van der Waals surface area contributed by atoms with Crippen LogP contribution in [0.5, 0.6) is 0 Å². The lowest BCUT2D eigenvalue weighted by atomic mass is 10.0. The second-order valence-corrected chi connectivity index (χ2v) is 15.5. The van der Waals surface area contributed by atoms with Gasteiger partial charge in [0.2, 0.25) is 0 Å². The van der Waals surface area contributed by atoms with Crippen LogP contribution >= 0.6 is 0 Å². The fraction of sp³-hybridized carbons (Fsp3) is 0.0926. The molecule has 11 rings (SSSR count). The molecule has 0 radical (unpaired) electrons. The molecule has 0 fully saturated rings. The number of benzene rings is 6. The third-order valence-electron chi connectivity index (χ3n) is 12.0. The minimum atomic E-state index is 0.649. The van der Waals surface area contributed by atoms with Gasteiger partial charge in [0.1, 0.15) is 0 Å². The predicted molar refractivity (Wildman–Crippen MR) is 249 cm³/mol. The fourth-order valence-electron chi connectivity index (χ4n) is 9.09. The van der Waals surface area contributed by atoms with Crippen LogP contribution < -0.4 is 0 Å². The van der Waals surface area contributed by atoms with Gasteiger partial charge in [0.05, 0.1) is 16.6 Å². The molecule has 9 aromatic rings. The number of aromatic nitrogens is 5. The van der Waals surface area contributed by atoms with E-state index in [-0.39, 0.29) is 0 Å². The van der Waals surface area contributed by atoms with Gasteiger partial charge >= 0.3 is 0 Å². The van der Waals surface area contributed by atoms with E-state index in [1.54, 1.807) is 0 Å². The first-order chi connectivity index (χ1) is 29.1. The molecular weight excluding hydrogens is 719 g/mol. The van der Waals surface area contributed by atoms with Crippen molar-refractivity contribution in [2.75, 3.05) is 0 Å². The van der Waals surface area contributed by atoms with E-state index in [1.807, 2.05) is 19.1 Å². The van der Waals surface area contributed by atoms with Crippen LogP contribution in [0.3, 0.4) is 0 Å². The van der Waals surface area contributed by atoms with E-state index in [4.69, 9.17) is 15.0 Å². The van der Waals surface area contributed by atoms with Crippen LogP contribution in [0.4, 0.5) is 0 Å². The van der Waals surface area contributed by atoms with E-state index in [0.29, 0.717) is 17.5 Å². The van der Waals surface area contributed by atoms with Crippen molar-refractivity contribution in [3.63, 3.8) is 0 Å². The number of fused-ring (bicyclic) bond motifs is 4. The molecule has 0 amide bonds. The van der Waals surface area contributed by atoms with Crippen LogP contribution in [0.1, 0.15) is 43.1 Å². The molecule has 5 heteroatoms. The molecule has 2 aliphatic carbocycles. The van der Waals surface area contributed by atoms with E-state index < -0.39 is 0 Å². The van der Waals surface area contributed by atoms with Crippen LogP contribution in [-0.2, 0) is 6.42 Å². The topological polar surface area (TPSA) is 48.5 Å². The van der Waals surface area contributed by atoms with Gasteiger partial charge in [-0.3, -0.25) is 0 Å². The number of nitrogens with zero attached hydrogens (tertiary/aromatic N) is 5. The molecular formula is C54H41N5. The summed E-state index contributed by atoms with van der Waals surface area (Å²) in [5, 5.41) is 8.58. The zero-order valence-electron chi connectivity index (χ0n) is 32.9. The molecule has 0 aliphatic heterocycles. The van der Waals surface area contributed by atoms with Crippen molar-refractivity contribution in [2.45, 2.75) is 32.6 Å². The number of aryl methyl sites for hydroxylation is 1. The lowest BCUT2D eigenvalue weighted by Gasteiger charge is -2.12. The Bertz CT molecular complexity index is 3360. The van der Waals surface area contributed by atoms with Crippen molar-refractivity contribution < 1.29 is 0 Å². The third-order valence-corrected chi connectivity index (χ3v) is 12.0. The highest BCUT2D eigenvalue weighted by Crippen LogP contribution is 2.44. The van der Waals surface area contributed by atoms with E-state index in [0.717, 1.165) is 59.0 Å². The number of rotatable bonds is 7. The second-order valence-electron chi connectivity index (χ2n) is 15.5. The van der Waals surface area contributed by atoms with Gasteiger partial charge in [-0.05, 0) is 113 Å². The van der Waals surface area contributed by atoms with Crippen molar-refractivity contribution >= 4 is 77.3 Å². The smallest absolute Gasteiger partial charge is 0.164 e. The van der Waals surface area contributed by atoms with Gasteiger partial charge in [0.15, 0.2) is 17.5 Å². The van der Waals surface area contributed by atoms with Gasteiger partial charge in [-0.25, -0.2) is 15.0 Å². The summed E-state index contributed by atoms with van der Waals surface area (Å²) in [6, 6.07) is 37.3. The molecule has 6 aromatic carbocycles. The maximum atomic E-state index is 5.21. The van der Waals surface area contributed by atoms with Crippen LogP contribution in [0.15, 0.2) is 171 Å². The Morgan fingerprint density at radius 3 is 2.37 bits per heavy atom. The van der Waals surface area contributed by atoms with Gasteiger partial charge in [0, 0.05) is 56.9 Å². The van der Waals surface area contributed by atoms with Crippen molar-refractivity contribution in [3.05, 3.63) is 188 Å². The van der Waals surface area contributed by atoms with Crippen molar-refractivity contribution in [2.24, 2.45) is 0 Å². The van der Waals surface area contributed by atoms with Gasteiger partial charge in [-0.2, -0.15) is 0 Å². The van der Waals surface area contributed by atoms with Gasteiger partial charge < -0.3 is 9.13 Å². The Kier molecular flexibility index (Phi) is 8.40. The van der Waals surface area contributed by atoms with E-state index >= 15 is 0 Å². The molecule has 0 unspecified atom stereocenters. The number of allylic oxidation sites excluding steroid dienone is 12. The van der Waals surface area contributed by atoms with E-state index in [1.165, 1.54) is 60.2 Å². The summed E-state index contributed by atoms with van der Waals surface area (Å²) >= 11 is 0. The van der Waals surface area contributed by atoms with Gasteiger partial charge in [-0.15, -0.1) is 0 Å². The molecule has 3 heterocycles. The molecule has 2 aliphatic rings. The normalized spacial score (nSPS) is 14.8. The average molecular weight is 760 g/mol. The van der Waals surface area contributed by atoms with Gasteiger partial charge in [0.25, 0.3) is 0 Å². The molecule has 0 saturated carbocycles. The van der Waals surface area contributed by atoms with Crippen LogP contribution in [0.2, 0.25) is 0 Å². The quantitative estimate of drug-likeness (QED) is 0.120. The molecule has 0 spiro atoms. The highest BCUT2D eigenvalue weighted by atomic mass is 15.0. The molecule has 0 saturated heterocycles. The SMILES string of the molecule is C=C/C(=C\C=C/C)n1ccc2c1cc1ccc3cccc4c3c1c2n4C1=CC=C(c2nc(-c3ccc4c(c3)C=CCCC4)nc(-c3ccc4ccccc4c3)n2)C=CC1. The number of hydrogen-bond acceptors (Lipinski definition) is 3. The molecule has 5 nitrogen and oxygen atoms in total. The third kappa shape index (κ3) is 5.89. The van der Waals surface area contributed by atoms with Crippen molar-refractivity contribution in [3.8, 4) is 22.8 Å². The Labute approximate surface area is 343 Å². The zero-order valence-corrected chi connectivity index (χ0v) is 32.9. The summed E-state index contributed by atoms with van der Waals surface area (Å²) in [6.45, 7) is 6.19. The van der Waals surface area contributed by atoms with Crippen molar-refractivity contribution in [1.82, 2.24) is 24.1 Å². The van der Waals surface area contributed by atoms with Crippen LogP contribution in [0.25, 0.3) is 100 Å². The highest BCUT2D eigenvalue weighted by Gasteiger charge is 2.22. The fourth-order valence-corrected chi connectivity index (χ4v) is 9.09. The minimum Gasteiger partial charge on any atom is -0.316 e. The standard InChI is InChI=1S/C54H41N5/c1-3-5-19-44(4-2)58-31-30-46-48(58)34-41-25-24-37-17-12-21-47-49(37)50(41)51(46)59(47)45-20-11-18-38(28-29-45)52-55-53(42-26-22-35-13-7-6-8-15-39(35)32-42)57-54(56-52)43-27-23-36-14-9-10-16-40(36)33-43/h3-5,8-12,14-19,21-34H,2,6-7,13,20H2,1H3/b5-3-,44-19+. The Balaban J connectivity index is 1.10. The first-order valence-electron chi connectivity index (χ1n) is 20.5. The summed E-state index contributed by atoms with van der Waals surface area (Å²) in [7, 11) is 0. The maximum Gasteiger partial charge on any atom is 0.164 e. The van der Waals surface area contributed by atoms with E-state index in [9.17, 15) is 0 Å². The molecule has 3 aromatic heterocycles. The van der Waals surface area contributed by atoms with Crippen LogP contribution in [0, 0.1) is 0 Å². The highest BCUT2D eigenvalue weighted by molar-refractivity contribution is 6.30. The van der Waals surface area contributed by atoms with Gasteiger partial charge in [-0.1, -0.05) is 116 Å². The number of hydrogen-bond donors (Lipinski definition) is 0. The second kappa shape index (κ2) is 14.2. The summed E-state index contributed by atoms with van der Waals surface area (Å²) in [6.07, 6.45) is 27.8. The largest absolute Gasteiger partial charge is 0.316 e. The van der Waals surface area contributed by atoms with E-state index in [2.05, 4.69) is 174 Å². The first kappa shape index (κ1) is 34.8. The predicted octanol–water partition coefficient (Wildman–Crippen LogP) is 13.8. The molecule has 282 valence electrons. The molecule has 0 atom stereocenters. The van der Waals surface area contributed by atoms with Crippen molar-refractivity contribution in [1.29, 1.82) is 0 Å². The Morgan fingerprint density at radius 1 is 0.695 bits per heavy atom. The Hall–Kier alpha value is -7.37. The Morgan fingerprint density at radius 2 is 1.49 bits per heavy atom. The summed E-state index contributed by atoms with van der Waals surface area (Å²) in [5.41, 5.74) is 11.3. The average Bonchev–Trinajstić information content (AvgIpc) is 3.63. The minimum absolute atomic E-state index is 0.649. The molecule has 59 heavy (non-hydrogen) atoms. The zero-order chi connectivity index (χ0) is 39.5. The summed E-state index contributed by atoms with van der Waals surface area (Å²) in [4.78, 5) is 15.5. The molecule has 0 bridgehead atoms. The summed E-state index contributed by atoms with van der Waals surface area (Å²) in [5.74, 6) is 1.98.